The third-order valence-corrected chi connectivity index (χ3v) is 7.82. The molecule has 0 bridgehead atoms. The topological polar surface area (TPSA) is 61.5 Å². The molecule has 42 heavy (non-hydrogen) atoms. The highest BCUT2D eigenvalue weighted by molar-refractivity contribution is 5.98. The molecular formula is C37H47N5. The number of rotatable bonds is 17. The van der Waals surface area contributed by atoms with E-state index in [2.05, 4.69) is 64.0 Å². The summed E-state index contributed by atoms with van der Waals surface area (Å²) in [6.07, 6.45) is 14.8. The Balaban J connectivity index is 1.34. The molecule has 0 amide bonds. The lowest BCUT2D eigenvalue weighted by Crippen LogP contribution is -2.01. The minimum absolute atomic E-state index is 0.800. The second-order valence-corrected chi connectivity index (χ2v) is 11.3. The Hall–Kier alpha value is -3.86. The third kappa shape index (κ3) is 9.61. The zero-order valence-corrected chi connectivity index (χ0v) is 25.8. The van der Waals surface area contributed by atoms with Crippen molar-refractivity contribution in [3.8, 4) is 0 Å². The summed E-state index contributed by atoms with van der Waals surface area (Å²) < 4.78 is 0. The van der Waals surface area contributed by atoms with E-state index in [4.69, 9.17) is 5.11 Å². The minimum Gasteiger partial charge on any atom is -0.383 e. The van der Waals surface area contributed by atoms with E-state index in [0.717, 1.165) is 63.3 Å². The number of fused-ring (bicyclic) bond motifs is 1. The van der Waals surface area contributed by atoms with E-state index in [1.165, 1.54) is 64.2 Å². The van der Waals surface area contributed by atoms with E-state index in [9.17, 15) is 0 Å². The summed E-state index contributed by atoms with van der Waals surface area (Å²) in [5.41, 5.74) is 6.54. The van der Waals surface area contributed by atoms with Gasteiger partial charge in [0, 0.05) is 11.9 Å². The van der Waals surface area contributed by atoms with Gasteiger partial charge in [-0.25, -0.2) is 0 Å². The van der Waals surface area contributed by atoms with Crippen molar-refractivity contribution in [1.29, 1.82) is 0 Å². The number of nitrogens with one attached hydrogen (secondary N) is 1. The van der Waals surface area contributed by atoms with Crippen molar-refractivity contribution in [2.24, 2.45) is 20.5 Å². The van der Waals surface area contributed by atoms with Crippen molar-refractivity contribution in [3.63, 3.8) is 0 Å². The third-order valence-electron chi connectivity index (χ3n) is 7.82. The molecule has 4 aromatic rings. The van der Waals surface area contributed by atoms with Crippen LogP contribution in [-0.4, -0.2) is 6.54 Å². The standard InChI is InChI=1S/C37H47N5/c1-4-5-6-7-8-9-10-11-12-13-18-27-38-36-25-23-31-20-15-16-21-33(31)37(36)42-41-35-26-24-32(28-30(35)3)39-40-34-22-17-14-19-29(34)2/h14-17,19-26,28,38H,4-13,18,27H2,1-3H3. The molecule has 0 aliphatic heterocycles. The van der Waals surface area contributed by atoms with Crippen LogP contribution in [0.1, 0.15) is 88.7 Å². The number of unbranched alkanes of at least 4 members (excludes halogenated alkanes) is 10. The molecule has 4 aromatic carbocycles. The van der Waals surface area contributed by atoms with Crippen LogP contribution in [0.3, 0.4) is 0 Å². The Morgan fingerprint density at radius 3 is 1.93 bits per heavy atom. The molecule has 5 nitrogen and oxygen atoms in total. The average molecular weight is 562 g/mol. The van der Waals surface area contributed by atoms with Crippen LogP contribution in [0.5, 0.6) is 0 Å². The van der Waals surface area contributed by atoms with Crippen LogP contribution in [0.2, 0.25) is 0 Å². The van der Waals surface area contributed by atoms with Gasteiger partial charge in [0.05, 0.1) is 22.7 Å². The highest BCUT2D eigenvalue weighted by Crippen LogP contribution is 2.36. The number of azo groups is 2. The fourth-order valence-corrected chi connectivity index (χ4v) is 5.22. The van der Waals surface area contributed by atoms with Gasteiger partial charge < -0.3 is 5.32 Å². The molecule has 0 unspecified atom stereocenters. The van der Waals surface area contributed by atoms with Crippen molar-refractivity contribution in [2.45, 2.75) is 91.4 Å². The van der Waals surface area contributed by atoms with Crippen LogP contribution in [-0.2, 0) is 0 Å². The largest absolute Gasteiger partial charge is 0.383 e. The van der Waals surface area contributed by atoms with Gasteiger partial charge in [0.15, 0.2) is 0 Å². The molecule has 0 heterocycles. The SMILES string of the molecule is CCCCCCCCCCCCCNc1ccc2ccccc2c1N=Nc1ccc(N=Nc2ccccc2C)cc1C. The van der Waals surface area contributed by atoms with Crippen LogP contribution >= 0.6 is 0 Å². The quantitative estimate of drug-likeness (QED) is 0.101. The van der Waals surface area contributed by atoms with Gasteiger partial charge in [-0.05, 0) is 67.1 Å². The maximum atomic E-state index is 4.78. The van der Waals surface area contributed by atoms with Crippen molar-refractivity contribution >= 4 is 39.2 Å². The van der Waals surface area contributed by atoms with Gasteiger partial charge in [-0.3, -0.25) is 0 Å². The number of anilines is 1. The number of aryl methyl sites for hydroxylation is 2. The van der Waals surface area contributed by atoms with E-state index in [0.29, 0.717) is 0 Å². The zero-order chi connectivity index (χ0) is 29.4. The zero-order valence-electron chi connectivity index (χ0n) is 25.8. The summed E-state index contributed by atoms with van der Waals surface area (Å²) >= 11 is 0. The van der Waals surface area contributed by atoms with E-state index in [1.807, 2.05) is 56.3 Å². The summed E-state index contributed by atoms with van der Waals surface area (Å²) in [4.78, 5) is 0. The van der Waals surface area contributed by atoms with Crippen LogP contribution in [0.15, 0.2) is 99.3 Å². The van der Waals surface area contributed by atoms with Crippen LogP contribution in [0.25, 0.3) is 10.8 Å². The first-order chi connectivity index (χ1) is 20.7. The van der Waals surface area contributed by atoms with Gasteiger partial charge in [-0.1, -0.05) is 120 Å². The van der Waals surface area contributed by atoms with E-state index >= 15 is 0 Å². The van der Waals surface area contributed by atoms with Gasteiger partial charge in [0.1, 0.15) is 5.69 Å². The number of benzene rings is 4. The molecule has 0 spiro atoms. The van der Waals surface area contributed by atoms with Crippen molar-refractivity contribution in [3.05, 3.63) is 90.0 Å². The summed E-state index contributed by atoms with van der Waals surface area (Å²) in [5, 5.41) is 24.2. The lowest BCUT2D eigenvalue weighted by atomic mass is 10.1. The molecule has 0 atom stereocenters. The summed E-state index contributed by atoms with van der Waals surface area (Å²) in [7, 11) is 0. The first-order valence-corrected chi connectivity index (χ1v) is 15.9. The molecule has 0 fully saturated rings. The second kappa shape index (κ2) is 17.2. The number of hydrogen-bond donors (Lipinski definition) is 1. The van der Waals surface area contributed by atoms with Crippen LogP contribution in [0, 0.1) is 13.8 Å². The van der Waals surface area contributed by atoms with Crippen molar-refractivity contribution in [2.75, 3.05) is 11.9 Å². The Bertz CT molecular complexity index is 1460. The second-order valence-electron chi connectivity index (χ2n) is 11.3. The molecule has 220 valence electrons. The van der Waals surface area contributed by atoms with Gasteiger partial charge in [0.25, 0.3) is 0 Å². The molecule has 4 rings (SSSR count). The van der Waals surface area contributed by atoms with Crippen LogP contribution in [0.4, 0.5) is 28.4 Å². The lowest BCUT2D eigenvalue weighted by molar-refractivity contribution is 0.552. The predicted octanol–water partition coefficient (Wildman–Crippen LogP) is 13.0. The Labute approximate surface area is 252 Å². The molecule has 1 N–H and O–H groups in total. The van der Waals surface area contributed by atoms with Crippen molar-refractivity contribution in [1.82, 2.24) is 0 Å². The van der Waals surface area contributed by atoms with Gasteiger partial charge in [0.2, 0.25) is 0 Å². The molecule has 0 saturated heterocycles. The highest BCUT2D eigenvalue weighted by Gasteiger charge is 2.08. The molecule has 0 radical (unpaired) electrons. The monoisotopic (exact) mass is 561 g/mol. The Morgan fingerprint density at radius 2 is 1.19 bits per heavy atom. The molecular weight excluding hydrogens is 514 g/mol. The normalized spacial score (nSPS) is 11.7. The van der Waals surface area contributed by atoms with Gasteiger partial charge in [-0.2, -0.15) is 15.3 Å². The fourth-order valence-electron chi connectivity index (χ4n) is 5.22. The minimum atomic E-state index is 0.800. The molecule has 5 heteroatoms. The maximum absolute atomic E-state index is 4.78. The Kier molecular flexibility index (Phi) is 12.7. The lowest BCUT2D eigenvalue weighted by Gasteiger charge is -2.12. The smallest absolute Gasteiger partial charge is 0.117 e. The van der Waals surface area contributed by atoms with Crippen LogP contribution < -0.4 is 5.32 Å². The summed E-state index contributed by atoms with van der Waals surface area (Å²) in [6, 6.07) is 26.6. The molecule has 0 aliphatic rings. The van der Waals surface area contributed by atoms with Crippen molar-refractivity contribution < 1.29 is 0 Å². The molecule has 0 aliphatic carbocycles. The first-order valence-electron chi connectivity index (χ1n) is 15.9. The predicted molar refractivity (Wildman–Crippen MR) is 180 cm³/mol. The first kappa shape index (κ1) is 31.1. The molecule has 0 saturated carbocycles. The number of nitrogens with zero attached hydrogens (tertiary/aromatic N) is 4. The van der Waals surface area contributed by atoms with Gasteiger partial charge >= 0.3 is 0 Å². The summed E-state index contributed by atoms with van der Waals surface area (Å²) in [5.74, 6) is 0. The fraction of sp³-hybridized carbons (Fsp3) is 0.405. The number of hydrogen-bond acceptors (Lipinski definition) is 5. The average Bonchev–Trinajstić information content (AvgIpc) is 3.01. The molecule has 0 aromatic heterocycles. The van der Waals surface area contributed by atoms with Gasteiger partial charge in [-0.15, -0.1) is 5.11 Å². The van der Waals surface area contributed by atoms with E-state index in [1.54, 1.807) is 0 Å². The summed E-state index contributed by atoms with van der Waals surface area (Å²) in [6.45, 7) is 7.30. The Morgan fingerprint density at radius 1 is 0.548 bits per heavy atom. The van der Waals surface area contributed by atoms with E-state index < -0.39 is 0 Å². The van der Waals surface area contributed by atoms with E-state index in [-0.39, 0.29) is 0 Å². The highest BCUT2D eigenvalue weighted by atomic mass is 15.1. The maximum Gasteiger partial charge on any atom is 0.117 e.